The zero-order valence-electron chi connectivity index (χ0n) is 16.7. The van der Waals surface area contributed by atoms with Crippen molar-refractivity contribution in [3.63, 3.8) is 0 Å². The molecule has 0 radical (unpaired) electrons. The number of hydrogen-bond donors (Lipinski definition) is 1. The van der Waals surface area contributed by atoms with Gasteiger partial charge in [-0.3, -0.25) is 4.68 Å². The zero-order valence-corrected chi connectivity index (χ0v) is 17.5. The fourth-order valence-corrected chi connectivity index (χ4v) is 3.66. The second-order valence-electron chi connectivity index (χ2n) is 7.99. The van der Waals surface area contributed by atoms with E-state index in [1.54, 1.807) is 12.1 Å². The van der Waals surface area contributed by atoms with Gasteiger partial charge in [0, 0.05) is 23.6 Å². The Kier molecular flexibility index (Phi) is 5.06. The number of halogens is 2. The quantitative estimate of drug-likeness (QED) is 0.464. The molecule has 6 heteroatoms. The summed E-state index contributed by atoms with van der Waals surface area (Å²) in [7, 11) is 1.94. The molecule has 1 N–H and O–H groups in total. The lowest BCUT2D eigenvalue weighted by Gasteiger charge is -2.16. The topological polar surface area (TPSA) is 46.5 Å². The van der Waals surface area contributed by atoms with Crippen LogP contribution in [0.1, 0.15) is 32.0 Å². The lowest BCUT2D eigenvalue weighted by molar-refractivity contribution is 0.550. The number of aromatic nitrogens is 4. The second kappa shape index (κ2) is 7.06. The molecule has 0 saturated heterocycles. The van der Waals surface area contributed by atoms with E-state index in [0.29, 0.717) is 5.56 Å². The average molecular weight is 399 g/mol. The van der Waals surface area contributed by atoms with Crippen molar-refractivity contribution in [3.8, 4) is 22.6 Å². The smallest absolute Gasteiger partial charge is 0.157 e. The second-order valence-corrected chi connectivity index (χ2v) is 7.99. The molecule has 0 amide bonds. The van der Waals surface area contributed by atoms with Crippen molar-refractivity contribution in [1.82, 2.24) is 19.7 Å². The first kappa shape index (κ1) is 20.1. The Hall–Kier alpha value is -2.66. The molecule has 0 aliphatic carbocycles. The van der Waals surface area contributed by atoms with Crippen LogP contribution in [0.2, 0.25) is 0 Å². The van der Waals surface area contributed by atoms with E-state index < -0.39 is 0 Å². The number of imidazole rings is 1. The summed E-state index contributed by atoms with van der Waals surface area (Å²) >= 11 is 0. The Morgan fingerprint density at radius 1 is 1.07 bits per heavy atom. The summed E-state index contributed by atoms with van der Waals surface area (Å²) in [6, 6.07) is 12.6. The number of benzene rings is 2. The lowest BCUT2D eigenvalue weighted by Crippen LogP contribution is -2.13. The fourth-order valence-electron chi connectivity index (χ4n) is 3.66. The number of aromatic amines is 1. The summed E-state index contributed by atoms with van der Waals surface area (Å²) in [5, 5.41) is 4.71. The Balaban J connectivity index is 0.00000225. The summed E-state index contributed by atoms with van der Waals surface area (Å²) in [5.41, 5.74) is 6.26. The SMILES string of the molecule is Cc1c(C(C)(C)C)nn(C)c1-c1nc2ccc(-c3ccccc3F)cc2[nH]1.Cl. The van der Waals surface area contributed by atoms with Gasteiger partial charge in [-0.25, -0.2) is 9.37 Å². The molecule has 0 saturated carbocycles. The van der Waals surface area contributed by atoms with Crippen LogP contribution >= 0.6 is 12.4 Å². The Morgan fingerprint density at radius 2 is 1.79 bits per heavy atom. The predicted octanol–water partition coefficient (Wildman–Crippen LogP) is 5.80. The van der Waals surface area contributed by atoms with Crippen LogP contribution in [0.25, 0.3) is 33.7 Å². The first-order valence-electron chi connectivity index (χ1n) is 9.05. The third-order valence-electron chi connectivity index (χ3n) is 4.89. The largest absolute Gasteiger partial charge is 0.337 e. The highest BCUT2D eigenvalue weighted by atomic mass is 35.5. The van der Waals surface area contributed by atoms with Crippen LogP contribution in [-0.4, -0.2) is 19.7 Å². The van der Waals surface area contributed by atoms with Gasteiger partial charge in [0.2, 0.25) is 0 Å². The van der Waals surface area contributed by atoms with Crippen LogP contribution < -0.4 is 0 Å². The molecule has 2 aromatic carbocycles. The van der Waals surface area contributed by atoms with Gasteiger partial charge in [-0.2, -0.15) is 5.10 Å². The number of fused-ring (bicyclic) bond motifs is 1. The van der Waals surface area contributed by atoms with E-state index in [-0.39, 0.29) is 23.6 Å². The molecule has 0 spiro atoms. The summed E-state index contributed by atoms with van der Waals surface area (Å²) in [5.74, 6) is 0.549. The molecule has 4 aromatic rings. The predicted molar refractivity (Wildman–Crippen MR) is 114 cm³/mol. The van der Waals surface area contributed by atoms with Gasteiger partial charge >= 0.3 is 0 Å². The zero-order chi connectivity index (χ0) is 19.3. The molecule has 0 bridgehead atoms. The first-order valence-corrected chi connectivity index (χ1v) is 9.05. The number of hydrogen-bond acceptors (Lipinski definition) is 2. The number of nitrogens with one attached hydrogen (secondary N) is 1. The molecule has 4 rings (SSSR count). The Labute approximate surface area is 170 Å². The van der Waals surface area contributed by atoms with Crippen molar-refractivity contribution in [1.29, 1.82) is 0 Å². The van der Waals surface area contributed by atoms with Gasteiger partial charge in [0.05, 0.1) is 16.7 Å². The van der Waals surface area contributed by atoms with E-state index in [1.165, 1.54) is 6.07 Å². The lowest BCUT2D eigenvalue weighted by atomic mass is 9.89. The first-order chi connectivity index (χ1) is 12.8. The van der Waals surface area contributed by atoms with Crippen molar-refractivity contribution >= 4 is 23.4 Å². The van der Waals surface area contributed by atoms with Crippen molar-refractivity contribution in [2.75, 3.05) is 0 Å². The minimum absolute atomic E-state index is 0. The maximum atomic E-state index is 14.1. The molecule has 0 unspecified atom stereocenters. The standard InChI is InChI=1S/C22H23FN4.ClH/c1-13-19(27(5)26-20(13)22(2,3)4)21-24-17-11-10-14(12-18(17)25-21)15-8-6-7-9-16(15)23;/h6-12H,1-5H3,(H,24,25);1H. The molecule has 0 aliphatic rings. The van der Waals surface area contributed by atoms with E-state index in [1.807, 2.05) is 36.0 Å². The summed E-state index contributed by atoms with van der Waals surface area (Å²) in [6.45, 7) is 8.56. The highest BCUT2D eigenvalue weighted by Gasteiger charge is 2.25. The van der Waals surface area contributed by atoms with Crippen molar-refractivity contribution in [2.45, 2.75) is 33.1 Å². The van der Waals surface area contributed by atoms with Crippen LogP contribution in [0, 0.1) is 12.7 Å². The van der Waals surface area contributed by atoms with E-state index in [9.17, 15) is 4.39 Å². The van der Waals surface area contributed by atoms with Crippen LogP contribution in [0.15, 0.2) is 42.5 Å². The van der Waals surface area contributed by atoms with E-state index in [4.69, 9.17) is 10.1 Å². The third-order valence-corrected chi connectivity index (χ3v) is 4.89. The molecule has 2 heterocycles. The highest BCUT2D eigenvalue weighted by molar-refractivity contribution is 5.85. The maximum Gasteiger partial charge on any atom is 0.157 e. The highest BCUT2D eigenvalue weighted by Crippen LogP contribution is 2.32. The van der Waals surface area contributed by atoms with Crippen LogP contribution in [-0.2, 0) is 12.5 Å². The molecule has 0 fully saturated rings. The molecule has 2 aromatic heterocycles. The van der Waals surface area contributed by atoms with E-state index in [0.717, 1.165) is 39.4 Å². The van der Waals surface area contributed by atoms with Gasteiger partial charge < -0.3 is 4.98 Å². The molecular formula is C22H24ClFN4. The number of aryl methyl sites for hydroxylation is 1. The molecule has 0 aliphatic heterocycles. The van der Waals surface area contributed by atoms with Gasteiger partial charge in [0.25, 0.3) is 0 Å². The maximum absolute atomic E-state index is 14.1. The molecular weight excluding hydrogens is 375 g/mol. The van der Waals surface area contributed by atoms with Gasteiger partial charge in [-0.05, 0) is 30.7 Å². The Morgan fingerprint density at radius 3 is 2.43 bits per heavy atom. The Bertz CT molecular complexity index is 1150. The fraction of sp³-hybridized carbons (Fsp3) is 0.273. The monoisotopic (exact) mass is 398 g/mol. The minimum Gasteiger partial charge on any atom is -0.337 e. The minimum atomic E-state index is -0.228. The molecule has 4 nitrogen and oxygen atoms in total. The number of nitrogens with zero attached hydrogens (tertiary/aromatic N) is 3. The van der Waals surface area contributed by atoms with Crippen LogP contribution in [0.3, 0.4) is 0 Å². The van der Waals surface area contributed by atoms with Crippen molar-refractivity contribution in [3.05, 3.63) is 59.5 Å². The van der Waals surface area contributed by atoms with Crippen LogP contribution in [0.5, 0.6) is 0 Å². The van der Waals surface area contributed by atoms with Gasteiger partial charge in [-0.15, -0.1) is 12.4 Å². The number of rotatable bonds is 2. The van der Waals surface area contributed by atoms with Gasteiger partial charge in [-0.1, -0.05) is 45.0 Å². The molecule has 0 atom stereocenters. The molecule has 28 heavy (non-hydrogen) atoms. The van der Waals surface area contributed by atoms with E-state index >= 15 is 0 Å². The summed E-state index contributed by atoms with van der Waals surface area (Å²) in [6.07, 6.45) is 0. The summed E-state index contributed by atoms with van der Waals surface area (Å²) < 4.78 is 16.0. The summed E-state index contributed by atoms with van der Waals surface area (Å²) in [4.78, 5) is 8.14. The number of H-pyrrole nitrogens is 1. The third kappa shape index (κ3) is 3.31. The molecule has 146 valence electrons. The normalized spacial score (nSPS) is 11.6. The van der Waals surface area contributed by atoms with E-state index in [2.05, 4.69) is 32.7 Å². The van der Waals surface area contributed by atoms with Crippen LogP contribution in [0.4, 0.5) is 4.39 Å². The van der Waals surface area contributed by atoms with Gasteiger partial charge in [0.1, 0.15) is 11.5 Å². The van der Waals surface area contributed by atoms with Crippen molar-refractivity contribution in [2.24, 2.45) is 7.05 Å². The van der Waals surface area contributed by atoms with Crippen molar-refractivity contribution < 1.29 is 4.39 Å². The van der Waals surface area contributed by atoms with Gasteiger partial charge in [0.15, 0.2) is 5.82 Å². The average Bonchev–Trinajstić information content (AvgIpc) is 3.14.